The third-order valence-electron chi connectivity index (χ3n) is 4.73. The zero-order chi connectivity index (χ0) is 14.6. The van der Waals surface area contributed by atoms with Gasteiger partial charge < -0.3 is 14.2 Å². The highest BCUT2D eigenvalue weighted by molar-refractivity contribution is 6.62. The molecule has 104 valence electrons. The van der Waals surface area contributed by atoms with Crippen LogP contribution in [0.15, 0.2) is 18.3 Å². The summed E-state index contributed by atoms with van der Waals surface area (Å²) in [7, 11) is -0.385. The molecule has 0 aromatic carbocycles. The summed E-state index contributed by atoms with van der Waals surface area (Å²) < 4.78 is 12.0. The van der Waals surface area contributed by atoms with E-state index in [2.05, 4.69) is 9.83 Å². The Morgan fingerprint density at radius 3 is 2.15 bits per heavy atom. The molecule has 0 bridgehead atoms. The molecule has 1 aliphatic carbocycles. The highest BCUT2D eigenvalue weighted by Crippen LogP contribution is 2.48. The van der Waals surface area contributed by atoms with Crippen molar-refractivity contribution in [3.05, 3.63) is 35.4 Å². The molecule has 1 aromatic rings. The van der Waals surface area contributed by atoms with Crippen LogP contribution < -0.4 is 5.46 Å². The third kappa shape index (κ3) is 1.95. The van der Waals surface area contributed by atoms with Crippen molar-refractivity contribution in [2.45, 2.75) is 57.3 Å². The fraction of sp³-hybridized carbons (Fsp3) is 0.600. The van der Waals surface area contributed by atoms with Gasteiger partial charge in [0.05, 0.1) is 11.2 Å². The fourth-order valence-corrected chi connectivity index (χ4v) is 2.34. The molecule has 1 saturated heterocycles. The van der Waals surface area contributed by atoms with Gasteiger partial charge in [0.1, 0.15) is 5.69 Å². The first kappa shape index (κ1) is 13.6. The number of pyridine rings is 1. The maximum absolute atomic E-state index is 7.27. The first-order valence-electron chi connectivity index (χ1n) is 7.00. The minimum Gasteiger partial charge on any atom is -0.399 e. The highest BCUT2D eigenvalue weighted by atomic mass is 16.7. The van der Waals surface area contributed by atoms with E-state index in [1.165, 1.54) is 0 Å². The van der Waals surface area contributed by atoms with Crippen LogP contribution in [0.25, 0.3) is 4.85 Å². The van der Waals surface area contributed by atoms with E-state index in [-0.39, 0.29) is 23.9 Å². The zero-order valence-electron chi connectivity index (χ0n) is 12.4. The molecule has 0 N–H and O–H groups in total. The van der Waals surface area contributed by atoms with E-state index < -0.39 is 0 Å². The molecule has 2 heterocycles. The quantitative estimate of drug-likeness (QED) is 0.611. The summed E-state index contributed by atoms with van der Waals surface area (Å²) in [5, 5.41) is 0. The molecule has 1 aromatic heterocycles. The van der Waals surface area contributed by atoms with Gasteiger partial charge in [-0.3, -0.25) is 4.98 Å². The van der Waals surface area contributed by atoms with E-state index in [4.69, 9.17) is 15.9 Å². The number of nitrogens with zero attached hydrogens (tertiary/aromatic N) is 2. The van der Waals surface area contributed by atoms with Crippen molar-refractivity contribution in [3.8, 4) is 0 Å². The first-order valence-corrected chi connectivity index (χ1v) is 7.00. The normalized spacial score (nSPS) is 25.2. The van der Waals surface area contributed by atoms with E-state index in [0.717, 1.165) is 24.0 Å². The highest BCUT2D eigenvalue weighted by Gasteiger charge is 2.55. The Balaban J connectivity index is 1.82. The molecule has 20 heavy (non-hydrogen) atoms. The lowest BCUT2D eigenvalue weighted by Crippen LogP contribution is -2.41. The second kappa shape index (κ2) is 4.06. The van der Waals surface area contributed by atoms with Crippen LogP contribution in [0.4, 0.5) is 0 Å². The van der Waals surface area contributed by atoms with Gasteiger partial charge in [0.25, 0.3) is 5.54 Å². The van der Waals surface area contributed by atoms with Gasteiger partial charge in [-0.2, -0.15) is 0 Å². The van der Waals surface area contributed by atoms with Crippen LogP contribution in [0, 0.1) is 6.57 Å². The summed E-state index contributed by atoms with van der Waals surface area (Å²) in [5.41, 5.74) is 0.741. The summed E-state index contributed by atoms with van der Waals surface area (Å²) in [5.74, 6) is 0. The molecule has 0 spiro atoms. The topological polar surface area (TPSA) is 35.7 Å². The van der Waals surface area contributed by atoms with Crippen LogP contribution in [0.3, 0.4) is 0 Å². The molecule has 1 aliphatic heterocycles. The second-order valence-corrected chi connectivity index (χ2v) is 6.71. The molecule has 0 radical (unpaired) electrons. The van der Waals surface area contributed by atoms with Gasteiger partial charge in [-0.05, 0) is 33.8 Å². The van der Waals surface area contributed by atoms with E-state index in [1.807, 2.05) is 39.8 Å². The smallest absolute Gasteiger partial charge is 0.399 e. The molecule has 1 saturated carbocycles. The van der Waals surface area contributed by atoms with Gasteiger partial charge >= 0.3 is 7.12 Å². The maximum atomic E-state index is 7.27. The lowest BCUT2D eigenvalue weighted by Gasteiger charge is -2.32. The Morgan fingerprint density at radius 1 is 1.15 bits per heavy atom. The maximum Gasteiger partial charge on any atom is 0.496 e. The van der Waals surface area contributed by atoms with Crippen molar-refractivity contribution in [1.29, 1.82) is 0 Å². The van der Waals surface area contributed by atoms with Crippen molar-refractivity contribution in [2.24, 2.45) is 0 Å². The van der Waals surface area contributed by atoms with Gasteiger partial charge in [-0.1, -0.05) is 6.07 Å². The predicted molar refractivity (Wildman–Crippen MR) is 77.5 cm³/mol. The molecule has 3 rings (SSSR count). The van der Waals surface area contributed by atoms with Crippen molar-refractivity contribution < 1.29 is 9.31 Å². The molecule has 0 unspecified atom stereocenters. The number of hydrogen-bond acceptors (Lipinski definition) is 3. The van der Waals surface area contributed by atoms with Crippen LogP contribution >= 0.6 is 0 Å². The Hall–Kier alpha value is -1.38. The molecule has 0 amide bonds. The summed E-state index contributed by atoms with van der Waals surface area (Å²) in [6, 6.07) is 3.90. The van der Waals surface area contributed by atoms with Gasteiger partial charge in [0, 0.05) is 24.5 Å². The summed E-state index contributed by atoms with van der Waals surface area (Å²) in [4.78, 5) is 8.15. The van der Waals surface area contributed by atoms with Gasteiger partial charge in [0.15, 0.2) is 0 Å². The molecule has 0 atom stereocenters. The lowest BCUT2D eigenvalue weighted by atomic mass is 9.80. The second-order valence-electron chi connectivity index (χ2n) is 6.71. The standard InChI is InChI=1S/C15H19BN2O2/c1-13(2)14(3,4)20-16(19-13)11-6-7-12(18-10-11)15(17-5)8-9-15/h6-7,10H,8-9H2,1-4H3. The van der Waals surface area contributed by atoms with E-state index in [9.17, 15) is 0 Å². The number of aromatic nitrogens is 1. The molecule has 5 heteroatoms. The average Bonchev–Trinajstić information content (AvgIpc) is 3.14. The number of hydrogen-bond donors (Lipinski definition) is 0. The van der Waals surface area contributed by atoms with Crippen LogP contribution in [0.5, 0.6) is 0 Å². The largest absolute Gasteiger partial charge is 0.496 e. The fourth-order valence-electron chi connectivity index (χ4n) is 2.34. The first-order chi connectivity index (χ1) is 9.30. The van der Waals surface area contributed by atoms with Gasteiger partial charge in [0.2, 0.25) is 0 Å². The Morgan fingerprint density at radius 2 is 1.75 bits per heavy atom. The minimum absolute atomic E-state index is 0.343. The van der Waals surface area contributed by atoms with Crippen molar-refractivity contribution in [1.82, 2.24) is 4.98 Å². The molecule has 2 aliphatic rings. The molecule has 2 fully saturated rings. The molecular formula is C15H19BN2O2. The Kier molecular flexibility index (Phi) is 2.76. The van der Waals surface area contributed by atoms with Crippen LogP contribution in [-0.2, 0) is 14.8 Å². The average molecular weight is 270 g/mol. The molecule has 4 nitrogen and oxygen atoms in total. The molecular weight excluding hydrogens is 251 g/mol. The van der Waals surface area contributed by atoms with E-state index in [1.54, 1.807) is 6.20 Å². The Labute approximate surface area is 120 Å². The SMILES string of the molecule is [C-]#[N+]C1(c2ccc(B3OC(C)(C)C(C)(C)O3)cn2)CC1. The van der Waals surface area contributed by atoms with Crippen LogP contribution in [-0.4, -0.2) is 23.3 Å². The van der Waals surface area contributed by atoms with Gasteiger partial charge in [-0.25, -0.2) is 6.57 Å². The van der Waals surface area contributed by atoms with E-state index in [0.29, 0.717) is 0 Å². The lowest BCUT2D eigenvalue weighted by molar-refractivity contribution is 0.00578. The number of rotatable bonds is 2. The summed E-state index contributed by atoms with van der Waals surface area (Å²) in [6.07, 6.45) is 3.61. The van der Waals surface area contributed by atoms with Crippen molar-refractivity contribution in [2.75, 3.05) is 0 Å². The summed E-state index contributed by atoms with van der Waals surface area (Å²) in [6.45, 7) is 15.4. The predicted octanol–water partition coefficient (Wildman–Crippen LogP) is 2.29. The van der Waals surface area contributed by atoms with Crippen molar-refractivity contribution in [3.63, 3.8) is 0 Å². The van der Waals surface area contributed by atoms with E-state index >= 15 is 0 Å². The van der Waals surface area contributed by atoms with Crippen molar-refractivity contribution >= 4 is 12.6 Å². The summed E-state index contributed by atoms with van der Waals surface area (Å²) >= 11 is 0. The van der Waals surface area contributed by atoms with Crippen LogP contribution in [0.1, 0.15) is 46.2 Å². The Bertz CT molecular complexity index is 555. The zero-order valence-corrected chi connectivity index (χ0v) is 12.4. The van der Waals surface area contributed by atoms with Gasteiger partial charge in [-0.15, -0.1) is 0 Å². The van der Waals surface area contributed by atoms with Crippen LogP contribution in [0.2, 0.25) is 0 Å². The monoisotopic (exact) mass is 270 g/mol. The minimum atomic E-state index is -0.385. The third-order valence-corrected chi connectivity index (χ3v) is 4.73.